The minimum absolute atomic E-state index is 0.172. The summed E-state index contributed by atoms with van der Waals surface area (Å²) in [6.45, 7) is 0.172. The van der Waals surface area contributed by atoms with Crippen molar-refractivity contribution < 1.29 is 9.53 Å². The minimum atomic E-state index is -0.703. The average Bonchev–Trinajstić information content (AvgIpc) is 3.24. The lowest BCUT2D eigenvalue weighted by molar-refractivity contribution is -0.118. The van der Waals surface area contributed by atoms with Gasteiger partial charge in [0.25, 0.3) is 0 Å². The van der Waals surface area contributed by atoms with E-state index < -0.39 is 6.04 Å². The molecule has 1 aliphatic carbocycles. The van der Waals surface area contributed by atoms with Crippen molar-refractivity contribution >= 4 is 11.6 Å². The van der Waals surface area contributed by atoms with Gasteiger partial charge in [0.15, 0.2) is 5.82 Å². The number of ether oxygens (including phenoxy) is 1. The molecule has 1 fully saturated rings. The van der Waals surface area contributed by atoms with Gasteiger partial charge in [0.2, 0.25) is 5.91 Å². The van der Waals surface area contributed by atoms with E-state index in [0.29, 0.717) is 17.6 Å². The maximum absolute atomic E-state index is 11.9. The van der Waals surface area contributed by atoms with Crippen LogP contribution in [0.2, 0.25) is 0 Å². The molecular formula is C14H18N6O2. The molecule has 1 saturated carbocycles. The molecule has 1 aromatic heterocycles. The summed E-state index contributed by atoms with van der Waals surface area (Å²) in [5, 5.41) is 14.6. The van der Waals surface area contributed by atoms with Crippen molar-refractivity contribution in [3.05, 3.63) is 24.3 Å². The van der Waals surface area contributed by atoms with Crippen LogP contribution in [0.3, 0.4) is 0 Å². The van der Waals surface area contributed by atoms with Crippen molar-refractivity contribution in [1.82, 2.24) is 20.2 Å². The molecule has 0 radical (unpaired) electrons. The molecule has 1 aliphatic rings. The van der Waals surface area contributed by atoms with Crippen LogP contribution in [0.15, 0.2) is 24.3 Å². The molecule has 1 heterocycles. The maximum atomic E-state index is 11.9. The highest BCUT2D eigenvalue weighted by atomic mass is 16.5. The van der Waals surface area contributed by atoms with Gasteiger partial charge in [-0.05, 0) is 35.4 Å². The SMILES string of the molecule is COCC(N)C(=O)Nc1cccc(-c2nnnn2C2CC2)c1. The Labute approximate surface area is 127 Å². The van der Waals surface area contributed by atoms with Gasteiger partial charge in [-0.15, -0.1) is 5.10 Å². The molecule has 8 heteroatoms. The third kappa shape index (κ3) is 3.12. The molecule has 1 aromatic carbocycles. The van der Waals surface area contributed by atoms with Crippen LogP contribution in [0.25, 0.3) is 11.4 Å². The number of nitrogens with zero attached hydrogens (tertiary/aromatic N) is 4. The number of tetrazole rings is 1. The van der Waals surface area contributed by atoms with Gasteiger partial charge in [-0.1, -0.05) is 12.1 Å². The molecule has 3 N–H and O–H groups in total. The highest BCUT2D eigenvalue weighted by Crippen LogP contribution is 2.36. The topological polar surface area (TPSA) is 108 Å². The molecule has 0 bridgehead atoms. The summed E-state index contributed by atoms with van der Waals surface area (Å²) in [7, 11) is 1.51. The standard InChI is InChI=1S/C14H18N6O2/c1-22-8-12(15)14(21)16-10-4-2-3-9(7-10)13-17-18-19-20(13)11-5-6-11/h2-4,7,11-12H,5-6,8,15H2,1H3,(H,16,21). The number of hydrogen-bond acceptors (Lipinski definition) is 6. The molecule has 0 saturated heterocycles. The number of rotatable bonds is 6. The largest absolute Gasteiger partial charge is 0.383 e. The van der Waals surface area contributed by atoms with Crippen LogP contribution in [0.5, 0.6) is 0 Å². The molecule has 0 spiro atoms. The Morgan fingerprint density at radius 2 is 2.36 bits per heavy atom. The van der Waals surface area contributed by atoms with Gasteiger partial charge in [0.05, 0.1) is 12.6 Å². The average molecular weight is 302 g/mol. The number of anilines is 1. The maximum Gasteiger partial charge on any atom is 0.243 e. The summed E-state index contributed by atoms with van der Waals surface area (Å²) < 4.78 is 6.71. The zero-order chi connectivity index (χ0) is 15.5. The third-order valence-electron chi connectivity index (χ3n) is 3.46. The van der Waals surface area contributed by atoms with E-state index in [9.17, 15) is 4.79 Å². The van der Waals surface area contributed by atoms with Crippen molar-refractivity contribution in [2.45, 2.75) is 24.9 Å². The second-order valence-corrected chi connectivity index (χ2v) is 5.31. The van der Waals surface area contributed by atoms with Gasteiger partial charge >= 0.3 is 0 Å². The number of aromatic nitrogens is 4. The molecule has 116 valence electrons. The Bertz CT molecular complexity index is 667. The van der Waals surface area contributed by atoms with Crippen molar-refractivity contribution in [3.8, 4) is 11.4 Å². The lowest BCUT2D eigenvalue weighted by Gasteiger charge is -2.12. The Morgan fingerprint density at radius 1 is 1.55 bits per heavy atom. The van der Waals surface area contributed by atoms with Crippen LogP contribution in [0, 0.1) is 0 Å². The summed E-state index contributed by atoms with van der Waals surface area (Å²) >= 11 is 0. The first-order chi connectivity index (χ1) is 10.7. The monoisotopic (exact) mass is 302 g/mol. The Balaban J connectivity index is 1.78. The van der Waals surface area contributed by atoms with Crippen LogP contribution in [-0.4, -0.2) is 45.9 Å². The molecule has 22 heavy (non-hydrogen) atoms. The molecule has 2 aromatic rings. The quantitative estimate of drug-likeness (QED) is 0.808. The molecule has 3 rings (SSSR count). The molecular weight excluding hydrogens is 284 g/mol. The predicted molar refractivity (Wildman–Crippen MR) is 80.0 cm³/mol. The van der Waals surface area contributed by atoms with Crippen molar-refractivity contribution in [2.24, 2.45) is 5.73 Å². The van der Waals surface area contributed by atoms with Crippen LogP contribution in [0.4, 0.5) is 5.69 Å². The number of carbonyl (C=O) groups excluding carboxylic acids is 1. The predicted octanol–water partition coefficient (Wildman–Crippen LogP) is 0.587. The second-order valence-electron chi connectivity index (χ2n) is 5.31. The number of carbonyl (C=O) groups is 1. The van der Waals surface area contributed by atoms with E-state index in [1.807, 2.05) is 22.9 Å². The molecule has 1 amide bonds. The fourth-order valence-electron chi connectivity index (χ4n) is 2.17. The molecule has 1 atom stereocenters. The van der Waals surface area contributed by atoms with E-state index in [2.05, 4.69) is 20.8 Å². The van der Waals surface area contributed by atoms with E-state index in [-0.39, 0.29) is 12.5 Å². The van der Waals surface area contributed by atoms with Gasteiger partial charge < -0.3 is 15.8 Å². The lowest BCUT2D eigenvalue weighted by Crippen LogP contribution is -2.39. The fraction of sp³-hybridized carbons (Fsp3) is 0.429. The summed E-state index contributed by atoms with van der Waals surface area (Å²) in [5.74, 6) is 0.417. The van der Waals surface area contributed by atoms with Crippen molar-refractivity contribution in [1.29, 1.82) is 0 Å². The third-order valence-corrected chi connectivity index (χ3v) is 3.46. The highest BCUT2D eigenvalue weighted by Gasteiger charge is 2.28. The number of amides is 1. The Kier molecular flexibility index (Phi) is 4.12. The van der Waals surface area contributed by atoms with Crippen LogP contribution in [0.1, 0.15) is 18.9 Å². The number of benzene rings is 1. The van der Waals surface area contributed by atoms with Gasteiger partial charge in [-0.25, -0.2) is 4.68 Å². The molecule has 8 nitrogen and oxygen atoms in total. The van der Waals surface area contributed by atoms with E-state index in [4.69, 9.17) is 10.5 Å². The molecule has 1 unspecified atom stereocenters. The van der Waals surface area contributed by atoms with Crippen LogP contribution in [-0.2, 0) is 9.53 Å². The Hall–Kier alpha value is -2.32. The number of methoxy groups -OCH3 is 1. The minimum Gasteiger partial charge on any atom is -0.383 e. The first kappa shape index (κ1) is 14.6. The zero-order valence-electron chi connectivity index (χ0n) is 12.3. The zero-order valence-corrected chi connectivity index (χ0v) is 12.3. The van der Waals surface area contributed by atoms with E-state index >= 15 is 0 Å². The van der Waals surface area contributed by atoms with E-state index in [1.165, 1.54) is 7.11 Å². The number of nitrogens with two attached hydrogens (primary N) is 1. The number of hydrogen-bond donors (Lipinski definition) is 2. The van der Waals surface area contributed by atoms with Crippen molar-refractivity contribution in [2.75, 3.05) is 19.0 Å². The summed E-state index contributed by atoms with van der Waals surface area (Å²) in [4.78, 5) is 11.9. The Morgan fingerprint density at radius 3 is 3.09 bits per heavy atom. The summed E-state index contributed by atoms with van der Waals surface area (Å²) in [6, 6.07) is 7.08. The normalized spacial score (nSPS) is 15.5. The van der Waals surface area contributed by atoms with Gasteiger partial charge in [0.1, 0.15) is 6.04 Å². The number of nitrogens with one attached hydrogen (secondary N) is 1. The summed E-state index contributed by atoms with van der Waals surface area (Å²) in [6.07, 6.45) is 2.20. The second kappa shape index (κ2) is 6.20. The van der Waals surface area contributed by atoms with E-state index in [0.717, 1.165) is 18.4 Å². The van der Waals surface area contributed by atoms with Gasteiger partial charge in [-0.2, -0.15) is 0 Å². The highest BCUT2D eigenvalue weighted by molar-refractivity contribution is 5.95. The molecule has 0 aliphatic heterocycles. The lowest BCUT2D eigenvalue weighted by atomic mass is 10.2. The van der Waals surface area contributed by atoms with Gasteiger partial charge in [-0.3, -0.25) is 4.79 Å². The van der Waals surface area contributed by atoms with Gasteiger partial charge in [0, 0.05) is 18.4 Å². The first-order valence-corrected chi connectivity index (χ1v) is 7.12. The first-order valence-electron chi connectivity index (χ1n) is 7.12. The fourth-order valence-corrected chi connectivity index (χ4v) is 2.17. The van der Waals surface area contributed by atoms with Crippen molar-refractivity contribution in [3.63, 3.8) is 0 Å². The summed E-state index contributed by atoms with van der Waals surface area (Å²) in [5.41, 5.74) is 7.22. The smallest absolute Gasteiger partial charge is 0.243 e. The van der Waals surface area contributed by atoms with E-state index in [1.54, 1.807) is 6.07 Å². The van der Waals surface area contributed by atoms with Crippen LogP contribution >= 0.6 is 0 Å². The van der Waals surface area contributed by atoms with Crippen LogP contribution < -0.4 is 11.1 Å².